The maximum atomic E-state index is 11.8. The molecule has 1 aromatic heterocycles. The molecule has 0 atom stereocenters. The van der Waals surface area contributed by atoms with Crippen molar-refractivity contribution in [2.75, 3.05) is 13.1 Å². The fraction of sp³-hybridized carbons (Fsp3) is 0.667. The van der Waals surface area contributed by atoms with Gasteiger partial charge in [0.05, 0.1) is 11.7 Å². The van der Waals surface area contributed by atoms with Crippen LogP contribution in [0.25, 0.3) is 0 Å². The number of piperidine rings is 1. The average Bonchev–Trinajstić information content (AvgIpc) is 2.47. The summed E-state index contributed by atoms with van der Waals surface area (Å²) in [5.74, 6) is 0.547. The Kier molecular flexibility index (Phi) is 5.83. The van der Waals surface area contributed by atoms with Gasteiger partial charge in [-0.2, -0.15) is 0 Å². The maximum Gasteiger partial charge on any atom is 0.410 e. The van der Waals surface area contributed by atoms with Crippen molar-refractivity contribution in [3.8, 4) is 5.88 Å². The molecule has 1 saturated heterocycles. The molecule has 1 amide bonds. The van der Waals surface area contributed by atoms with Crippen LogP contribution in [0.3, 0.4) is 0 Å². The molecule has 122 valence electrons. The van der Waals surface area contributed by atoms with Gasteiger partial charge >= 0.3 is 6.09 Å². The minimum Gasteiger partial charge on any atom is -0.474 e. The zero-order chi connectivity index (χ0) is 16.1. The number of aromatic nitrogens is 2. The van der Waals surface area contributed by atoms with Gasteiger partial charge in [0.25, 0.3) is 0 Å². The first-order valence-electron chi connectivity index (χ1n) is 7.62. The molecule has 2 heterocycles. The molecule has 1 fully saturated rings. The summed E-state index contributed by atoms with van der Waals surface area (Å²) in [5.41, 5.74) is 0.825. The average molecular weight is 328 g/mol. The highest BCUT2D eigenvalue weighted by Gasteiger charge is 2.26. The fourth-order valence-electron chi connectivity index (χ4n) is 2.36. The first-order valence-corrected chi connectivity index (χ1v) is 8.00. The summed E-state index contributed by atoms with van der Waals surface area (Å²) in [6.45, 7) is 6.92. The van der Waals surface area contributed by atoms with Crippen molar-refractivity contribution in [2.24, 2.45) is 0 Å². The van der Waals surface area contributed by atoms with E-state index >= 15 is 0 Å². The highest BCUT2D eigenvalue weighted by molar-refractivity contribution is 6.30. The number of likely N-dealkylation sites (tertiary alicyclic amines) is 1. The second-order valence-corrected chi connectivity index (χ2v) is 5.90. The second kappa shape index (κ2) is 7.63. The molecule has 1 aromatic rings. The predicted molar refractivity (Wildman–Crippen MR) is 83.3 cm³/mol. The van der Waals surface area contributed by atoms with Gasteiger partial charge in [-0.05, 0) is 20.3 Å². The van der Waals surface area contributed by atoms with Crippen LogP contribution in [0.4, 0.5) is 4.79 Å². The Morgan fingerprint density at radius 1 is 1.41 bits per heavy atom. The third-order valence-corrected chi connectivity index (χ3v) is 3.85. The number of carbonyl (C=O) groups excluding carboxylic acids is 1. The van der Waals surface area contributed by atoms with Crippen LogP contribution in [-0.2, 0) is 11.2 Å². The first-order chi connectivity index (χ1) is 10.5. The molecule has 22 heavy (non-hydrogen) atoms. The van der Waals surface area contributed by atoms with Gasteiger partial charge in [-0.15, -0.1) is 0 Å². The number of halogens is 1. The molecule has 6 nitrogen and oxygen atoms in total. The molecule has 1 aliphatic heterocycles. The van der Waals surface area contributed by atoms with Crippen LogP contribution in [0.2, 0.25) is 5.15 Å². The van der Waals surface area contributed by atoms with E-state index in [1.54, 1.807) is 4.90 Å². The van der Waals surface area contributed by atoms with Gasteiger partial charge in [0.15, 0.2) is 0 Å². The van der Waals surface area contributed by atoms with Crippen molar-refractivity contribution in [1.82, 2.24) is 14.9 Å². The molecule has 0 N–H and O–H groups in total. The highest BCUT2D eigenvalue weighted by Crippen LogP contribution is 2.25. The monoisotopic (exact) mass is 327 g/mol. The normalized spacial score (nSPS) is 16.0. The Morgan fingerprint density at radius 3 is 2.68 bits per heavy atom. The van der Waals surface area contributed by atoms with Crippen molar-refractivity contribution in [3.05, 3.63) is 17.0 Å². The maximum absolute atomic E-state index is 11.8. The Balaban J connectivity index is 1.90. The summed E-state index contributed by atoms with van der Waals surface area (Å²) < 4.78 is 11.2. The van der Waals surface area contributed by atoms with Gasteiger partial charge in [-0.1, -0.05) is 18.5 Å². The molecule has 0 unspecified atom stereocenters. The molecule has 0 aromatic carbocycles. The molecule has 0 radical (unpaired) electrons. The Labute approximate surface area is 135 Å². The van der Waals surface area contributed by atoms with E-state index in [4.69, 9.17) is 21.1 Å². The Bertz CT molecular complexity index is 517. The number of rotatable bonds is 4. The number of hydrogen-bond acceptors (Lipinski definition) is 5. The lowest BCUT2D eigenvalue weighted by molar-refractivity contribution is 0.0505. The Morgan fingerprint density at radius 2 is 2.09 bits per heavy atom. The zero-order valence-electron chi connectivity index (χ0n) is 13.2. The van der Waals surface area contributed by atoms with Crippen LogP contribution in [0.15, 0.2) is 6.33 Å². The van der Waals surface area contributed by atoms with Crippen LogP contribution < -0.4 is 4.74 Å². The number of amides is 1. The molecule has 0 aliphatic carbocycles. The minimum absolute atomic E-state index is 0.0272. The summed E-state index contributed by atoms with van der Waals surface area (Å²) in [6, 6.07) is 0. The molecular weight excluding hydrogens is 306 g/mol. The van der Waals surface area contributed by atoms with Crippen molar-refractivity contribution in [1.29, 1.82) is 0 Å². The third-order valence-electron chi connectivity index (χ3n) is 3.52. The van der Waals surface area contributed by atoms with Crippen LogP contribution in [-0.4, -0.2) is 46.3 Å². The number of carbonyl (C=O) groups is 1. The van der Waals surface area contributed by atoms with E-state index < -0.39 is 0 Å². The molecule has 0 spiro atoms. The van der Waals surface area contributed by atoms with E-state index in [9.17, 15) is 4.79 Å². The van der Waals surface area contributed by atoms with Gasteiger partial charge < -0.3 is 14.4 Å². The van der Waals surface area contributed by atoms with Crippen LogP contribution >= 0.6 is 11.6 Å². The van der Waals surface area contributed by atoms with Gasteiger partial charge in [-0.3, -0.25) is 0 Å². The molecule has 7 heteroatoms. The lowest BCUT2D eigenvalue weighted by atomic mass is 10.1. The summed E-state index contributed by atoms with van der Waals surface area (Å²) in [4.78, 5) is 21.7. The van der Waals surface area contributed by atoms with Crippen LogP contribution in [0, 0.1) is 0 Å². The van der Waals surface area contributed by atoms with E-state index in [0.29, 0.717) is 30.5 Å². The molecule has 1 aliphatic rings. The highest BCUT2D eigenvalue weighted by atomic mass is 35.5. The smallest absolute Gasteiger partial charge is 0.410 e. The lowest BCUT2D eigenvalue weighted by Crippen LogP contribution is -2.42. The van der Waals surface area contributed by atoms with Gasteiger partial charge in [0.1, 0.15) is 17.6 Å². The minimum atomic E-state index is -0.257. The first kappa shape index (κ1) is 16.8. The van der Waals surface area contributed by atoms with E-state index in [2.05, 4.69) is 9.97 Å². The third kappa shape index (κ3) is 4.22. The van der Waals surface area contributed by atoms with Crippen LogP contribution in [0.5, 0.6) is 5.88 Å². The molecule has 0 bridgehead atoms. The Hall–Kier alpha value is -1.56. The van der Waals surface area contributed by atoms with E-state index in [1.165, 1.54) is 6.33 Å². The van der Waals surface area contributed by atoms with E-state index in [0.717, 1.165) is 18.4 Å². The largest absolute Gasteiger partial charge is 0.474 e. The van der Waals surface area contributed by atoms with Crippen molar-refractivity contribution in [3.63, 3.8) is 0 Å². The second-order valence-electron chi connectivity index (χ2n) is 5.54. The molecule has 0 saturated carbocycles. The van der Waals surface area contributed by atoms with Gasteiger partial charge in [0.2, 0.25) is 5.88 Å². The standard InChI is InChI=1S/C15H22ClN3O3/c1-4-12-13(16)17-9-18-14(12)22-11-5-7-19(8-6-11)15(20)21-10(2)3/h9-11H,4-8H2,1-3H3. The number of hydrogen-bond donors (Lipinski definition) is 0. The van der Waals surface area contributed by atoms with Crippen LogP contribution in [0.1, 0.15) is 39.2 Å². The summed E-state index contributed by atoms with van der Waals surface area (Å²) >= 11 is 6.06. The number of nitrogens with zero attached hydrogens (tertiary/aromatic N) is 3. The van der Waals surface area contributed by atoms with Crippen molar-refractivity contribution < 1.29 is 14.3 Å². The number of ether oxygens (including phenoxy) is 2. The summed E-state index contributed by atoms with van der Waals surface area (Å²) in [5, 5.41) is 0.436. The van der Waals surface area contributed by atoms with Crippen molar-refractivity contribution in [2.45, 2.75) is 52.2 Å². The zero-order valence-corrected chi connectivity index (χ0v) is 14.0. The van der Waals surface area contributed by atoms with E-state index in [1.807, 2.05) is 20.8 Å². The van der Waals surface area contributed by atoms with Crippen molar-refractivity contribution >= 4 is 17.7 Å². The van der Waals surface area contributed by atoms with Gasteiger partial charge in [0, 0.05) is 25.9 Å². The molecule has 2 rings (SSSR count). The summed E-state index contributed by atoms with van der Waals surface area (Å²) in [7, 11) is 0. The SMILES string of the molecule is CCc1c(Cl)ncnc1OC1CCN(C(=O)OC(C)C)CC1. The fourth-order valence-corrected chi connectivity index (χ4v) is 2.62. The predicted octanol–water partition coefficient (Wildman–Crippen LogP) is 3.08. The quantitative estimate of drug-likeness (QED) is 0.795. The molecular formula is C15H22ClN3O3. The van der Waals surface area contributed by atoms with E-state index in [-0.39, 0.29) is 18.3 Å². The lowest BCUT2D eigenvalue weighted by Gasteiger charge is -2.32. The summed E-state index contributed by atoms with van der Waals surface area (Å²) in [6.07, 6.45) is 3.29. The van der Waals surface area contributed by atoms with Gasteiger partial charge in [-0.25, -0.2) is 14.8 Å². The topological polar surface area (TPSA) is 64.6 Å².